The maximum absolute atomic E-state index is 9.85. The number of hydrogen-bond acceptors (Lipinski definition) is 2. The summed E-state index contributed by atoms with van der Waals surface area (Å²) in [5.74, 6) is 0.316. The van der Waals surface area contributed by atoms with Gasteiger partial charge in [-0.2, -0.15) is 0 Å². The van der Waals surface area contributed by atoms with Gasteiger partial charge in [0.1, 0.15) is 0 Å². The number of rotatable bonds is 1. The molecule has 1 saturated heterocycles. The van der Waals surface area contributed by atoms with Gasteiger partial charge in [-0.05, 0) is 25.5 Å². The van der Waals surface area contributed by atoms with Crippen molar-refractivity contribution in [3.63, 3.8) is 0 Å². The van der Waals surface area contributed by atoms with E-state index in [1.54, 1.807) is 0 Å². The van der Waals surface area contributed by atoms with Crippen LogP contribution in [0.25, 0.3) is 0 Å². The van der Waals surface area contributed by atoms with Crippen LogP contribution < -0.4 is 5.32 Å². The number of aliphatic hydroxyl groups is 1. The van der Waals surface area contributed by atoms with Crippen LogP contribution in [0.15, 0.2) is 24.3 Å². The Hall–Kier alpha value is -0.860. The molecule has 0 saturated carbocycles. The van der Waals surface area contributed by atoms with Crippen LogP contribution in [0.5, 0.6) is 0 Å². The average molecular weight is 191 g/mol. The predicted molar refractivity (Wildman–Crippen MR) is 57.4 cm³/mol. The van der Waals surface area contributed by atoms with E-state index < -0.39 is 0 Å². The van der Waals surface area contributed by atoms with Crippen LogP contribution in [-0.2, 0) is 0 Å². The molecule has 0 bridgehead atoms. The number of piperidine rings is 1. The number of aliphatic hydroxyl groups excluding tert-OH is 1. The summed E-state index contributed by atoms with van der Waals surface area (Å²) >= 11 is 0. The van der Waals surface area contributed by atoms with Crippen molar-refractivity contribution in [3.05, 3.63) is 35.4 Å². The molecular weight excluding hydrogens is 174 g/mol. The van der Waals surface area contributed by atoms with E-state index in [2.05, 4.69) is 36.5 Å². The highest BCUT2D eigenvalue weighted by atomic mass is 16.3. The van der Waals surface area contributed by atoms with Crippen molar-refractivity contribution in [2.45, 2.75) is 25.4 Å². The van der Waals surface area contributed by atoms with Crippen molar-refractivity contribution >= 4 is 0 Å². The molecule has 1 heterocycles. The van der Waals surface area contributed by atoms with E-state index >= 15 is 0 Å². The maximum atomic E-state index is 9.85. The Labute approximate surface area is 85.0 Å². The molecule has 1 aliphatic rings. The second kappa shape index (κ2) is 4.11. The summed E-state index contributed by atoms with van der Waals surface area (Å²) in [5.41, 5.74) is 2.55. The average Bonchev–Trinajstić information content (AvgIpc) is 2.18. The molecule has 1 aliphatic heterocycles. The summed E-state index contributed by atoms with van der Waals surface area (Å²) < 4.78 is 0. The van der Waals surface area contributed by atoms with Crippen LogP contribution in [0.1, 0.15) is 23.5 Å². The van der Waals surface area contributed by atoms with E-state index in [1.165, 1.54) is 11.1 Å². The van der Waals surface area contributed by atoms with Gasteiger partial charge in [-0.3, -0.25) is 0 Å². The Kier molecular flexibility index (Phi) is 2.85. The van der Waals surface area contributed by atoms with Gasteiger partial charge in [0.15, 0.2) is 0 Å². The number of hydrogen-bond donors (Lipinski definition) is 2. The molecule has 76 valence electrons. The fourth-order valence-corrected chi connectivity index (χ4v) is 2.13. The smallest absolute Gasteiger partial charge is 0.0733 e. The highest BCUT2D eigenvalue weighted by molar-refractivity contribution is 5.26. The fourth-order valence-electron chi connectivity index (χ4n) is 2.13. The lowest BCUT2D eigenvalue weighted by molar-refractivity contribution is 0.118. The van der Waals surface area contributed by atoms with Crippen LogP contribution in [0.3, 0.4) is 0 Å². The first-order valence-electron chi connectivity index (χ1n) is 5.23. The molecule has 0 unspecified atom stereocenters. The molecule has 2 nitrogen and oxygen atoms in total. The Morgan fingerprint density at radius 1 is 1.43 bits per heavy atom. The van der Waals surface area contributed by atoms with E-state index in [1.807, 2.05) is 0 Å². The normalized spacial score (nSPS) is 27.6. The highest BCUT2D eigenvalue weighted by Crippen LogP contribution is 2.25. The molecule has 1 fully saturated rings. The Morgan fingerprint density at radius 3 is 3.00 bits per heavy atom. The second-order valence-corrected chi connectivity index (χ2v) is 4.08. The minimum absolute atomic E-state index is 0.231. The molecule has 0 aliphatic carbocycles. The monoisotopic (exact) mass is 191 g/mol. The molecule has 0 radical (unpaired) electrons. The van der Waals surface area contributed by atoms with Gasteiger partial charge < -0.3 is 10.4 Å². The van der Waals surface area contributed by atoms with Gasteiger partial charge in [0.05, 0.1) is 6.10 Å². The number of β-amino-alcohol motifs (C(OH)–C–C–N with tert-alkyl or cyclic N) is 1. The van der Waals surface area contributed by atoms with Crippen LogP contribution >= 0.6 is 0 Å². The highest BCUT2D eigenvalue weighted by Gasteiger charge is 2.23. The summed E-state index contributed by atoms with van der Waals surface area (Å²) in [5, 5.41) is 13.0. The third-order valence-electron chi connectivity index (χ3n) is 2.92. The van der Waals surface area contributed by atoms with Crippen LogP contribution in [0.4, 0.5) is 0 Å². The van der Waals surface area contributed by atoms with E-state index in [0.717, 1.165) is 19.5 Å². The summed E-state index contributed by atoms with van der Waals surface area (Å²) in [6.07, 6.45) is 0.801. The quantitative estimate of drug-likeness (QED) is 0.704. The van der Waals surface area contributed by atoms with Crippen molar-refractivity contribution in [3.8, 4) is 0 Å². The summed E-state index contributed by atoms with van der Waals surface area (Å²) in [7, 11) is 0. The molecule has 1 aromatic carbocycles. The lowest BCUT2D eigenvalue weighted by Gasteiger charge is -2.28. The SMILES string of the molecule is Cc1cccc([C@@H]2CCNC[C@H]2O)c1. The first kappa shape index (κ1) is 9.69. The lowest BCUT2D eigenvalue weighted by Crippen LogP contribution is -2.39. The molecule has 2 heteroatoms. The van der Waals surface area contributed by atoms with E-state index in [0.29, 0.717) is 5.92 Å². The summed E-state index contributed by atoms with van der Waals surface area (Å²) in [4.78, 5) is 0. The third-order valence-corrected chi connectivity index (χ3v) is 2.92. The van der Waals surface area contributed by atoms with E-state index in [9.17, 15) is 5.11 Å². The van der Waals surface area contributed by atoms with Gasteiger partial charge in [0.25, 0.3) is 0 Å². The van der Waals surface area contributed by atoms with Crippen LogP contribution in [0.2, 0.25) is 0 Å². The number of aryl methyl sites for hydroxylation is 1. The minimum atomic E-state index is -0.231. The van der Waals surface area contributed by atoms with E-state index in [4.69, 9.17) is 0 Å². The molecule has 0 amide bonds. The van der Waals surface area contributed by atoms with Crippen molar-refractivity contribution in [1.29, 1.82) is 0 Å². The molecule has 2 N–H and O–H groups in total. The molecular formula is C12H17NO. The second-order valence-electron chi connectivity index (χ2n) is 4.08. The minimum Gasteiger partial charge on any atom is -0.391 e. The van der Waals surface area contributed by atoms with Gasteiger partial charge in [-0.25, -0.2) is 0 Å². The third kappa shape index (κ3) is 1.97. The first-order valence-corrected chi connectivity index (χ1v) is 5.23. The molecule has 2 atom stereocenters. The van der Waals surface area contributed by atoms with Crippen molar-refractivity contribution in [1.82, 2.24) is 5.32 Å². The molecule has 0 aromatic heterocycles. The van der Waals surface area contributed by atoms with Crippen LogP contribution in [0, 0.1) is 6.92 Å². The Morgan fingerprint density at radius 2 is 2.29 bits per heavy atom. The molecule has 1 aromatic rings. The standard InChI is InChI=1S/C12H17NO/c1-9-3-2-4-10(7-9)11-5-6-13-8-12(11)14/h2-4,7,11-14H,5-6,8H2,1H3/t11-,12+/m0/s1. The lowest BCUT2D eigenvalue weighted by atomic mass is 9.87. The Bertz CT molecular complexity index is 311. The zero-order chi connectivity index (χ0) is 9.97. The van der Waals surface area contributed by atoms with Gasteiger partial charge in [-0.15, -0.1) is 0 Å². The van der Waals surface area contributed by atoms with E-state index in [-0.39, 0.29) is 6.10 Å². The zero-order valence-electron chi connectivity index (χ0n) is 8.53. The number of benzene rings is 1. The fraction of sp³-hybridized carbons (Fsp3) is 0.500. The topological polar surface area (TPSA) is 32.3 Å². The predicted octanol–water partition coefficient (Wildman–Crippen LogP) is 1.43. The zero-order valence-corrected chi connectivity index (χ0v) is 8.53. The van der Waals surface area contributed by atoms with Gasteiger partial charge in [0, 0.05) is 12.5 Å². The molecule has 14 heavy (non-hydrogen) atoms. The maximum Gasteiger partial charge on any atom is 0.0733 e. The van der Waals surface area contributed by atoms with Crippen LogP contribution in [-0.4, -0.2) is 24.3 Å². The van der Waals surface area contributed by atoms with Crippen molar-refractivity contribution in [2.75, 3.05) is 13.1 Å². The van der Waals surface area contributed by atoms with Gasteiger partial charge in [0.2, 0.25) is 0 Å². The first-order chi connectivity index (χ1) is 6.77. The van der Waals surface area contributed by atoms with Crippen molar-refractivity contribution in [2.24, 2.45) is 0 Å². The summed E-state index contributed by atoms with van der Waals surface area (Å²) in [6, 6.07) is 8.46. The molecule has 2 rings (SSSR count). The molecule has 0 spiro atoms. The Balaban J connectivity index is 2.20. The summed E-state index contributed by atoms with van der Waals surface area (Å²) in [6.45, 7) is 3.82. The number of nitrogens with one attached hydrogen (secondary N) is 1. The van der Waals surface area contributed by atoms with Gasteiger partial charge >= 0.3 is 0 Å². The van der Waals surface area contributed by atoms with Gasteiger partial charge in [-0.1, -0.05) is 29.8 Å². The van der Waals surface area contributed by atoms with Crippen molar-refractivity contribution < 1.29 is 5.11 Å². The largest absolute Gasteiger partial charge is 0.391 e.